The summed E-state index contributed by atoms with van der Waals surface area (Å²) >= 11 is 0. The molecule has 0 unspecified atom stereocenters. The van der Waals surface area contributed by atoms with Gasteiger partial charge in [-0.15, -0.1) is 0 Å². The maximum atomic E-state index is 11.3. The molecule has 0 aliphatic rings. The first kappa shape index (κ1) is 9.21. The molecular formula is C9H10N2O2S. The minimum Gasteiger partial charge on any atom is -0.278 e. The van der Waals surface area contributed by atoms with Crippen LogP contribution in [0.1, 0.15) is 5.56 Å². The summed E-state index contributed by atoms with van der Waals surface area (Å²) in [6.07, 6.45) is 2.89. The lowest BCUT2D eigenvalue weighted by Crippen LogP contribution is -1.97. The molecule has 0 spiro atoms. The fourth-order valence-corrected chi connectivity index (χ4v) is 2.13. The van der Waals surface area contributed by atoms with Gasteiger partial charge in [0.25, 0.3) is 0 Å². The third-order valence-corrected chi connectivity index (χ3v) is 3.26. The fraction of sp³-hybridized carbons (Fsp3) is 0.222. The van der Waals surface area contributed by atoms with Gasteiger partial charge >= 0.3 is 0 Å². The predicted molar refractivity (Wildman–Crippen MR) is 53.9 cm³/mol. The van der Waals surface area contributed by atoms with Gasteiger partial charge in [0, 0.05) is 11.6 Å². The molecule has 0 saturated carbocycles. The van der Waals surface area contributed by atoms with Gasteiger partial charge in [0.2, 0.25) is 0 Å². The smallest absolute Gasteiger partial charge is 0.175 e. The highest BCUT2D eigenvalue weighted by Crippen LogP contribution is 2.20. The van der Waals surface area contributed by atoms with Crippen molar-refractivity contribution in [2.24, 2.45) is 0 Å². The van der Waals surface area contributed by atoms with Crippen LogP contribution in [0.25, 0.3) is 10.9 Å². The number of sulfone groups is 1. The Morgan fingerprint density at radius 3 is 2.71 bits per heavy atom. The van der Waals surface area contributed by atoms with Crippen LogP contribution >= 0.6 is 0 Å². The number of aryl methyl sites for hydroxylation is 1. The fourth-order valence-electron chi connectivity index (χ4n) is 1.41. The largest absolute Gasteiger partial charge is 0.278 e. The topological polar surface area (TPSA) is 62.8 Å². The Labute approximate surface area is 81.9 Å². The minimum absolute atomic E-state index is 0.326. The Kier molecular flexibility index (Phi) is 1.85. The van der Waals surface area contributed by atoms with Gasteiger partial charge in [-0.05, 0) is 24.6 Å². The van der Waals surface area contributed by atoms with E-state index in [0.717, 1.165) is 16.5 Å². The van der Waals surface area contributed by atoms with Crippen molar-refractivity contribution in [1.82, 2.24) is 10.2 Å². The third-order valence-electron chi connectivity index (χ3n) is 2.17. The summed E-state index contributed by atoms with van der Waals surface area (Å²) in [5.74, 6) is 0. The molecule has 0 aliphatic heterocycles. The highest BCUT2D eigenvalue weighted by molar-refractivity contribution is 7.90. The van der Waals surface area contributed by atoms with Gasteiger partial charge in [0.05, 0.1) is 16.6 Å². The van der Waals surface area contributed by atoms with Crippen molar-refractivity contribution in [1.29, 1.82) is 0 Å². The van der Waals surface area contributed by atoms with Crippen LogP contribution in [-0.2, 0) is 9.84 Å². The average Bonchev–Trinajstić information content (AvgIpc) is 2.50. The van der Waals surface area contributed by atoms with Crippen LogP contribution in [0.3, 0.4) is 0 Å². The molecule has 5 heteroatoms. The van der Waals surface area contributed by atoms with Crippen LogP contribution in [0.5, 0.6) is 0 Å². The standard InChI is InChI=1S/C9H10N2O2S/c1-6-3-7(14(2,12)13)4-9-8(6)5-10-11-9/h3-5H,1-2H3,(H,10,11). The molecule has 0 amide bonds. The number of nitrogens with one attached hydrogen (secondary N) is 1. The molecule has 4 nitrogen and oxygen atoms in total. The van der Waals surface area contributed by atoms with Crippen LogP contribution in [0, 0.1) is 6.92 Å². The molecule has 1 heterocycles. The second-order valence-electron chi connectivity index (χ2n) is 3.34. The molecule has 2 rings (SSSR count). The average molecular weight is 210 g/mol. The molecule has 0 radical (unpaired) electrons. The summed E-state index contributed by atoms with van der Waals surface area (Å²) < 4.78 is 22.6. The highest BCUT2D eigenvalue weighted by atomic mass is 32.2. The maximum Gasteiger partial charge on any atom is 0.175 e. The van der Waals surface area contributed by atoms with Gasteiger partial charge in [-0.1, -0.05) is 0 Å². The molecule has 1 aromatic carbocycles. The SMILES string of the molecule is Cc1cc(S(C)(=O)=O)cc2[nH]ncc12. The normalized spacial score (nSPS) is 12.1. The molecule has 0 saturated heterocycles. The Morgan fingerprint density at radius 2 is 2.07 bits per heavy atom. The van der Waals surface area contributed by atoms with Crippen LogP contribution < -0.4 is 0 Å². The maximum absolute atomic E-state index is 11.3. The van der Waals surface area contributed by atoms with E-state index >= 15 is 0 Å². The van der Waals surface area contributed by atoms with E-state index in [-0.39, 0.29) is 0 Å². The van der Waals surface area contributed by atoms with E-state index in [1.807, 2.05) is 6.92 Å². The van der Waals surface area contributed by atoms with Gasteiger partial charge in [-0.3, -0.25) is 5.10 Å². The number of hydrogen-bond acceptors (Lipinski definition) is 3. The van der Waals surface area contributed by atoms with Crippen LogP contribution in [-0.4, -0.2) is 24.9 Å². The zero-order valence-electron chi connectivity index (χ0n) is 7.90. The first-order valence-corrected chi connectivity index (χ1v) is 6.01. The molecule has 2 aromatic rings. The lowest BCUT2D eigenvalue weighted by molar-refractivity contribution is 0.602. The lowest BCUT2D eigenvalue weighted by Gasteiger charge is -2.00. The second kappa shape index (κ2) is 2.81. The summed E-state index contributed by atoms with van der Waals surface area (Å²) in [6.45, 7) is 1.87. The van der Waals surface area contributed by atoms with E-state index in [9.17, 15) is 8.42 Å². The van der Waals surface area contributed by atoms with Gasteiger partial charge in [0.15, 0.2) is 9.84 Å². The van der Waals surface area contributed by atoms with Crippen molar-refractivity contribution in [3.63, 3.8) is 0 Å². The van der Waals surface area contributed by atoms with Gasteiger partial charge in [0.1, 0.15) is 0 Å². The van der Waals surface area contributed by atoms with Gasteiger partial charge < -0.3 is 0 Å². The number of fused-ring (bicyclic) bond motifs is 1. The number of H-pyrrole nitrogens is 1. The van der Waals surface area contributed by atoms with E-state index in [4.69, 9.17) is 0 Å². The molecule has 14 heavy (non-hydrogen) atoms. The molecule has 0 atom stereocenters. The van der Waals surface area contributed by atoms with E-state index in [1.165, 1.54) is 6.26 Å². The van der Waals surface area contributed by atoms with Crippen LogP contribution in [0.2, 0.25) is 0 Å². The number of rotatable bonds is 1. The molecule has 1 aromatic heterocycles. The highest BCUT2D eigenvalue weighted by Gasteiger charge is 2.10. The van der Waals surface area contributed by atoms with E-state index < -0.39 is 9.84 Å². The minimum atomic E-state index is -3.14. The van der Waals surface area contributed by atoms with Crippen molar-refractivity contribution in [2.75, 3.05) is 6.26 Å². The van der Waals surface area contributed by atoms with Crippen molar-refractivity contribution in [2.45, 2.75) is 11.8 Å². The summed E-state index contributed by atoms with van der Waals surface area (Å²) in [7, 11) is -3.14. The lowest BCUT2D eigenvalue weighted by atomic mass is 10.1. The number of aromatic nitrogens is 2. The van der Waals surface area contributed by atoms with Crippen molar-refractivity contribution in [3.8, 4) is 0 Å². The van der Waals surface area contributed by atoms with E-state index in [0.29, 0.717) is 4.90 Å². The Balaban J connectivity index is 2.83. The summed E-state index contributed by atoms with van der Waals surface area (Å²) in [4.78, 5) is 0.326. The van der Waals surface area contributed by atoms with Gasteiger partial charge in [-0.2, -0.15) is 5.10 Å². The zero-order valence-corrected chi connectivity index (χ0v) is 8.72. The first-order chi connectivity index (χ1) is 6.48. The number of aromatic amines is 1. The van der Waals surface area contributed by atoms with Gasteiger partial charge in [-0.25, -0.2) is 8.42 Å². The Bertz CT molecular complexity index is 584. The first-order valence-electron chi connectivity index (χ1n) is 4.12. The number of benzene rings is 1. The van der Waals surface area contributed by atoms with E-state index in [2.05, 4.69) is 10.2 Å². The quantitative estimate of drug-likeness (QED) is 0.771. The molecular weight excluding hydrogens is 200 g/mol. The van der Waals surface area contributed by atoms with Crippen molar-refractivity contribution in [3.05, 3.63) is 23.9 Å². The predicted octanol–water partition coefficient (Wildman–Crippen LogP) is 1.27. The summed E-state index contributed by atoms with van der Waals surface area (Å²) in [6, 6.07) is 3.26. The van der Waals surface area contributed by atoms with Crippen LogP contribution in [0.15, 0.2) is 23.2 Å². The second-order valence-corrected chi connectivity index (χ2v) is 5.36. The molecule has 1 N–H and O–H groups in total. The summed E-state index contributed by atoms with van der Waals surface area (Å²) in [5, 5.41) is 7.58. The van der Waals surface area contributed by atoms with Crippen molar-refractivity contribution >= 4 is 20.7 Å². The third kappa shape index (κ3) is 1.39. The monoisotopic (exact) mass is 210 g/mol. The number of nitrogens with zero attached hydrogens (tertiary/aromatic N) is 1. The number of hydrogen-bond donors (Lipinski definition) is 1. The molecule has 0 aliphatic carbocycles. The molecule has 0 bridgehead atoms. The van der Waals surface area contributed by atoms with Crippen molar-refractivity contribution < 1.29 is 8.42 Å². The van der Waals surface area contributed by atoms with Crippen LogP contribution in [0.4, 0.5) is 0 Å². The molecule has 0 fully saturated rings. The Hall–Kier alpha value is -1.36. The summed E-state index contributed by atoms with van der Waals surface area (Å²) in [5.41, 5.74) is 1.67. The zero-order chi connectivity index (χ0) is 10.3. The Morgan fingerprint density at radius 1 is 1.36 bits per heavy atom. The molecule has 74 valence electrons. The van der Waals surface area contributed by atoms with E-state index in [1.54, 1.807) is 18.3 Å².